The minimum Gasteiger partial charge on any atom is -0.326 e. The summed E-state index contributed by atoms with van der Waals surface area (Å²) in [6.07, 6.45) is 10.5. The molecule has 0 aromatic carbocycles. The number of nitrogens with one attached hydrogen (secondary N) is 1. The number of aromatic nitrogens is 4. The Kier molecular flexibility index (Phi) is 2.91. The SMILES string of the molecule is CC(c1cnn(C)c1)n1cncc1CNC1CC1. The van der Waals surface area contributed by atoms with Gasteiger partial charge in [0.05, 0.1) is 24.3 Å². The Balaban J connectivity index is 1.75. The van der Waals surface area contributed by atoms with E-state index in [1.165, 1.54) is 24.1 Å². The molecule has 18 heavy (non-hydrogen) atoms. The molecular formula is C13H19N5. The molecule has 0 amide bonds. The summed E-state index contributed by atoms with van der Waals surface area (Å²) in [6, 6.07) is 0.999. The first-order valence-electron chi connectivity index (χ1n) is 6.46. The molecule has 1 N–H and O–H groups in total. The van der Waals surface area contributed by atoms with Gasteiger partial charge in [-0.25, -0.2) is 4.98 Å². The standard InChI is InChI=1S/C13H19N5/c1-10(11-5-16-17(2)8-11)18-9-14-6-13(18)7-15-12-3-4-12/h5-6,8-10,12,15H,3-4,7H2,1-2H3. The van der Waals surface area contributed by atoms with E-state index in [2.05, 4.69) is 33.1 Å². The normalized spacial score (nSPS) is 17.0. The topological polar surface area (TPSA) is 47.7 Å². The summed E-state index contributed by atoms with van der Waals surface area (Å²) in [5.74, 6) is 0. The van der Waals surface area contributed by atoms with E-state index >= 15 is 0 Å². The smallest absolute Gasteiger partial charge is 0.0954 e. The van der Waals surface area contributed by atoms with Crippen LogP contribution in [0.25, 0.3) is 0 Å². The number of aryl methyl sites for hydroxylation is 1. The van der Waals surface area contributed by atoms with Gasteiger partial charge in [-0.1, -0.05) is 0 Å². The molecule has 1 atom stereocenters. The highest BCUT2D eigenvalue weighted by Gasteiger charge is 2.21. The van der Waals surface area contributed by atoms with Crippen molar-refractivity contribution in [2.75, 3.05) is 0 Å². The van der Waals surface area contributed by atoms with Gasteiger partial charge in [0, 0.05) is 37.6 Å². The maximum atomic E-state index is 4.27. The lowest BCUT2D eigenvalue weighted by atomic mass is 10.2. The molecule has 0 saturated heterocycles. The molecule has 96 valence electrons. The number of hydrogen-bond donors (Lipinski definition) is 1. The van der Waals surface area contributed by atoms with Gasteiger partial charge in [-0.15, -0.1) is 0 Å². The van der Waals surface area contributed by atoms with Gasteiger partial charge >= 0.3 is 0 Å². The quantitative estimate of drug-likeness (QED) is 0.868. The Labute approximate surface area is 107 Å². The van der Waals surface area contributed by atoms with E-state index in [4.69, 9.17) is 0 Å². The molecule has 0 aliphatic heterocycles. The van der Waals surface area contributed by atoms with E-state index in [1.807, 2.05) is 30.5 Å². The fourth-order valence-corrected chi connectivity index (χ4v) is 2.17. The van der Waals surface area contributed by atoms with Gasteiger partial charge in [-0.05, 0) is 19.8 Å². The van der Waals surface area contributed by atoms with Crippen LogP contribution in [-0.2, 0) is 13.6 Å². The second-order valence-corrected chi connectivity index (χ2v) is 5.07. The molecule has 0 radical (unpaired) electrons. The van der Waals surface area contributed by atoms with Crippen LogP contribution < -0.4 is 5.32 Å². The van der Waals surface area contributed by atoms with Crippen LogP contribution in [0.1, 0.15) is 37.1 Å². The van der Waals surface area contributed by atoms with Gasteiger partial charge in [-0.3, -0.25) is 4.68 Å². The maximum Gasteiger partial charge on any atom is 0.0954 e. The van der Waals surface area contributed by atoms with E-state index in [0.29, 0.717) is 0 Å². The molecule has 0 bridgehead atoms. The predicted octanol–water partition coefficient (Wildman–Crippen LogP) is 1.48. The van der Waals surface area contributed by atoms with Crippen molar-refractivity contribution < 1.29 is 0 Å². The van der Waals surface area contributed by atoms with Crippen LogP contribution in [0.4, 0.5) is 0 Å². The van der Waals surface area contributed by atoms with E-state index < -0.39 is 0 Å². The fourth-order valence-electron chi connectivity index (χ4n) is 2.17. The van der Waals surface area contributed by atoms with Gasteiger partial charge in [0.15, 0.2) is 0 Å². The fraction of sp³-hybridized carbons (Fsp3) is 0.538. The van der Waals surface area contributed by atoms with Crippen LogP contribution in [0.2, 0.25) is 0 Å². The lowest BCUT2D eigenvalue weighted by molar-refractivity contribution is 0.574. The zero-order valence-corrected chi connectivity index (χ0v) is 10.9. The minimum absolute atomic E-state index is 0.275. The third-order valence-electron chi connectivity index (χ3n) is 3.52. The summed E-state index contributed by atoms with van der Waals surface area (Å²) in [4.78, 5) is 4.27. The van der Waals surface area contributed by atoms with Crippen LogP contribution in [0.15, 0.2) is 24.9 Å². The van der Waals surface area contributed by atoms with Crippen LogP contribution in [0.5, 0.6) is 0 Å². The molecule has 2 aromatic rings. The molecule has 1 aliphatic carbocycles. The maximum absolute atomic E-state index is 4.27. The summed E-state index contributed by atoms with van der Waals surface area (Å²) < 4.78 is 4.05. The third kappa shape index (κ3) is 2.31. The first-order chi connectivity index (χ1) is 8.74. The Morgan fingerprint density at radius 2 is 2.28 bits per heavy atom. The molecule has 5 nitrogen and oxygen atoms in total. The molecule has 1 aliphatic rings. The predicted molar refractivity (Wildman–Crippen MR) is 69.1 cm³/mol. The summed E-state index contributed by atoms with van der Waals surface area (Å²) in [6.45, 7) is 3.08. The Bertz CT molecular complexity index is 523. The van der Waals surface area contributed by atoms with Crippen molar-refractivity contribution in [2.45, 2.75) is 38.4 Å². The van der Waals surface area contributed by atoms with Crippen molar-refractivity contribution in [1.82, 2.24) is 24.6 Å². The monoisotopic (exact) mass is 245 g/mol. The van der Waals surface area contributed by atoms with Crippen LogP contribution in [0.3, 0.4) is 0 Å². The number of nitrogens with zero attached hydrogens (tertiary/aromatic N) is 4. The largest absolute Gasteiger partial charge is 0.326 e. The molecule has 1 saturated carbocycles. The van der Waals surface area contributed by atoms with Gasteiger partial charge in [0.25, 0.3) is 0 Å². The van der Waals surface area contributed by atoms with E-state index in [1.54, 1.807) is 0 Å². The summed E-state index contributed by atoms with van der Waals surface area (Å²) >= 11 is 0. The lowest BCUT2D eigenvalue weighted by Gasteiger charge is -2.15. The molecule has 1 unspecified atom stereocenters. The van der Waals surface area contributed by atoms with Crippen molar-refractivity contribution >= 4 is 0 Å². The van der Waals surface area contributed by atoms with Crippen molar-refractivity contribution in [2.24, 2.45) is 7.05 Å². The third-order valence-corrected chi connectivity index (χ3v) is 3.52. The van der Waals surface area contributed by atoms with E-state index in [-0.39, 0.29) is 6.04 Å². The molecule has 1 fully saturated rings. The molecule has 5 heteroatoms. The summed E-state index contributed by atoms with van der Waals surface area (Å²) in [7, 11) is 1.94. The van der Waals surface area contributed by atoms with Crippen molar-refractivity contribution in [3.63, 3.8) is 0 Å². The first-order valence-corrected chi connectivity index (χ1v) is 6.46. The van der Waals surface area contributed by atoms with Gasteiger partial charge in [0.1, 0.15) is 0 Å². The average molecular weight is 245 g/mol. The Hall–Kier alpha value is -1.62. The zero-order chi connectivity index (χ0) is 12.5. The van der Waals surface area contributed by atoms with E-state index in [9.17, 15) is 0 Å². The summed E-state index contributed by atoms with van der Waals surface area (Å²) in [5.41, 5.74) is 2.45. The highest BCUT2D eigenvalue weighted by Crippen LogP contribution is 2.21. The van der Waals surface area contributed by atoms with Crippen molar-refractivity contribution in [3.05, 3.63) is 36.2 Å². The second kappa shape index (κ2) is 4.57. The molecule has 3 rings (SSSR count). The Morgan fingerprint density at radius 1 is 1.44 bits per heavy atom. The van der Waals surface area contributed by atoms with Crippen molar-refractivity contribution in [1.29, 1.82) is 0 Å². The van der Waals surface area contributed by atoms with Gasteiger partial charge < -0.3 is 9.88 Å². The minimum atomic E-state index is 0.275. The highest BCUT2D eigenvalue weighted by atomic mass is 15.2. The number of imidazole rings is 1. The molecular weight excluding hydrogens is 226 g/mol. The van der Waals surface area contributed by atoms with Crippen LogP contribution in [-0.4, -0.2) is 25.4 Å². The average Bonchev–Trinajstić information content (AvgIpc) is 2.90. The Morgan fingerprint density at radius 3 is 2.94 bits per heavy atom. The second-order valence-electron chi connectivity index (χ2n) is 5.07. The zero-order valence-electron chi connectivity index (χ0n) is 10.9. The van der Waals surface area contributed by atoms with Gasteiger partial charge in [0.2, 0.25) is 0 Å². The van der Waals surface area contributed by atoms with E-state index in [0.717, 1.165) is 12.6 Å². The summed E-state index contributed by atoms with van der Waals surface area (Å²) in [5, 5.41) is 7.76. The molecule has 0 spiro atoms. The lowest BCUT2D eigenvalue weighted by Crippen LogP contribution is -2.19. The van der Waals surface area contributed by atoms with Crippen LogP contribution >= 0.6 is 0 Å². The molecule has 2 heterocycles. The first kappa shape index (κ1) is 11.5. The number of rotatable bonds is 5. The highest BCUT2D eigenvalue weighted by molar-refractivity contribution is 5.14. The van der Waals surface area contributed by atoms with Crippen molar-refractivity contribution in [3.8, 4) is 0 Å². The number of hydrogen-bond acceptors (Lipinski definition) is 3. The molecule has 2 aromatic heterocycles. The van der Waals surface area contributed by atoms with Gasteiger partial charge in [-0.2, -0.15) is 5.10 Å². The van der Waals surface area contributed by atoms with Crippen LogP contribution in [0, 0.1) is 0 Å².